The predicted octanol–water partition coefficient (Wildman–Crippen LogP) is -0.209. The molecule has 0 aromatic heterocycles. The van der Waals surface area contributed by atoms with Crippen molar-refractivity contribution in [1.29, 1.82) is 0 Å². The van der Waals surface area contributed by atoms with E-state index in [4.69, 9.17) is 4.74 Å². The highest BCUT2D eigenvalue weighted by Gasteiger charge is 2.47. The molecule has 6 nitrogen and oxygen atoms in total. The molecule has 2 rings (SSSR count). The van der Waals surface area contributed by atoms with Crippen LogP contribution in [0.4, 0.5) is 0 Å². The van der Waals surface area contributed by atoms with Crippen LogP contribution in [0, 0.1) is 0 Å². The zero-order valence-electron chi connectivity index (χ0n) is 12.2. The predicted molar refractivity (Wildman–Crippen MR) is 76.3 cm³/mol. The second kappa shape index (κ2) is 5.99. The summed E-state index contributed by atoms with van der Waals surface area (Å²) in [5.74, 6) is 0.278. The minimum absolute atomic E-state index is 0.186. The Morgan fingerprint density at radius 2 is 2.05 bits per heavy atom. The van der Waals surface area contributed by atoms with Gasteiger partial charge in [0.05, 0.1) is 18.1 Å². The number of hydrogen-bond donors (Lipinski definition) is 1. The van der Waals surface area contributed by atoms with Crippen LogP contribution in [0.1, 0.15) is 26.2 Å². The van der Waals surface area contributed by atoms with E-state index in [0.29, 0.717) is 26.1 Å². The van der Waals surface area contributed by atoms with Crippen LogP contribution in [0.3, 0.4) is 0 Å². The molecule has 20 heavy (non-hydrogen) atoms. The van der Waals surface area contributed by atoms with Gasteiger partial charge >= 0.3 is 5.97 Å². The number of rotatable bonds is 4. The van der Waals surface area contributed by atoms with Crippen molar-refractivity contribution in [3.05, 3.63) is 0 Å². The Bertz CT molecular complexity index is 451. The first-order valence-corrected chi connectivity index (χ1v) is 9.05. The van der Waals surface area contributed by atoms with Crippen LogP contribution in [0.2, 0.25) is 0 Å². The number of carbonyl (C=O) groups excluding carboxylic acids is 1. The molecule has 7 heteroatoms. The van der Waals surface area contributed by atoms with Crippen molar-refractivity contribution >= 4 is 15.8 Å². The van der Waals surface area contributed by atoms with Crippen LogP contribution in [0.5, 0.6) is 0 Å². The Balaban J connectivity index is 1.99. The maximum Gasteiger partial charge on any atom is 0.326 e. The molecule has 0 spiro atoms. The first kappa shape index (κ1) is 15.7. The largest absolute Gasteiger partial charge is 0.465 e. The first-order valence-electron chi connectivity index (χ1n) is 7.23. The third-order valence-corrected chi connectivity index (χ3v) is 6.14. The van der Waals surface area contributed by atoms with Crippen molar-refractivity contribution < 1.29 is 17.9 Å². The summed E-state index contributed by atoms with van der Waals surface area (Å²) < 4.78 is 28.1. The smallest absolute Gasteiger partial charge is 0.326 e. The fourth-order valence-electron chi connectivity index (χ4n) is 3.21. The highest BCUT2D eigenvalue weighted by atomic mass is 32.2. The number of nitrogens with one attached hydrogen (secondary N) is 1. The van der Waals surface area contributed by atoms with E-state index in [2.05, 4.69) is 10.2 Å². The highest BCUT2D eigenvalue weighted by molar-refractivity contribution is 7.91. The van der Waals surface area contributed by atoms with Gasteiger partial charge in [0.2, 0.25) is 0 Å². The Morgan fingerprint density at radius 3 is 2.60 bits per heavy atom. The number of likely N-dealkylation sites (N-methyl/N-ethyl adjacent to an activating group) is 1. The second-order valence-electron chi connectivity index (χ2n) is 5.64. The van der Waals surface area contributed by atoms with Crippen LogP contribution in [0.15, 0.2) is 0 Å². The van der Waals surface area contributed by atoms with Gasteiger partial charge in [-0.3, -0.25) is 9.69 Å². The molecule has 2 unspecified atom stereocenters. The van der Waals surface area contributed by atoms with Gasteiger partial charge in [-0.05, 0) is 33.2 Å². The Hall–Kier alpha value is -0.660. The van der Waals surface area contributed by atoms with Gasteiger partial charge in [-0.2, -0.15) is 0 Å². The fourth-order valence-corrected chi connectivity index (χ4v) is 4.44. The molecule has 116 valence electrons. The third kappa shape index (κ3) is 3.15. The molecule has 1 aliphatic carbocycles. The van der Waals surface area contributed by atoms with Crippen molar-refractivity contribution in [3.63, 3.8) is 0 Å². The third-order valence-electron chi connectivity index (χ3n) is 4.53. The van der Waals surface area contributed by atoms with Gasteiger partial charge in [-0.15, -0.1) is 0 Å². The maximum absolute atomic E-state index is 12.1. The lowest BCUT2D eigenvalue weighted by molar-refractivity contribution is -0.151. The number of sulfone groups is 1. The van der Waals surface area contributed by atoms with E-state index >= 15 is 0 Å². The fraction of sp³-hybridized carbons (Fsp3) is 0.923. The van der Waals surface area contributed by atoms with Gasteiger partial charge in [-0.1, -0.05) is 0 Å². The van der Waals surface area contributed by atoms with E-state index < -0.39 is 15.4 Å². The molecule has 0 bridgehead atoms. The van der Waals surface area contributed by atoms with Crippen LogP contribution in [-0.2, 0) is 19.4 Å². The molecule has 2 aliphatic rings. The van der Waals surface area contributed by atoms with Crippen molar-refractivity contribution in [2.24, 2.45) is 0 Å². The molecule has 2 fully saturated rings. The van der Waals surface area contributed by atoms with Crippen LogP contribution < -0.4 is 5.32 Å². The molecule has 1 N–H and O–H groups in total. The molecule has 1 aliphatic heterocycles. The summed E-state index contributed by atoms with van der Waals surface area (Å²) in [6.07, 6.45) is 2.35. The number of esters is 1. The molecule has 0 aromatic rings. The topological polar surface area (TPSA) is 75.7 Å². The van der Waals surface area contributed by atoms with Gasteiger partial charge in [-0.25, -0.2) is 8.42 Å². The summed E-state index contributed by atoms with van der Waals surface area (Å²) in [7, 11) is -1.06. The quantitative estimate of drug-likeness (QED) is 0.724. The van der Waals surface area contributed by atoms with Gasteiger partial charge in [0.1, 0.15) is 5.54 Å². The zero-order chi connectivity index (χ0) is 14.8. The molecule has 2 atom stereocenters. The summed E-state index contributed by atoms with van der Waals surface area (Å²) in [5.41, 5.74) is -0.600. The first-order chi connectivity index (χ1) is 9.42. The zero-order valence-corrected chi connectivity index (χ0v) is 13.0. The van der Waals surface area contributed by atoms with Gasteiger partial charge in [0, 0.05) is 19.1 Å². The normalized spacial score (nSPS) is 34.0. The monoisotopic (exact) mass is 304 g/mol. The second-order valence-corrected chi connectivity index (χ2v) is 7.94. The molecule has 1 saturated carbocycles. The summed E-state index contributed by atoms with van der Waals surface area (Å²) in [5, 5.41) is 3.13. The summed E-state index contributed by atoms with van der Waals surface area (Å²) >= 11 is 0. The molecule has 0 aromatic carbocycles. The molecule has 0 radical (unpaired) electrons. The van der Waals surface area contributed by atoms with E-state index in [1.54, 1.807) is 7.05 Å². The lowest BCUT2D eigenvalue weighted by Crippen LogP contribution is -2.52. The van der Waals surface area contributed by atoms with Gasteiger partial charge < -0.3 is 10.1 Å². The van der Waals surface area contributed by atoms with Gasteiger partial charge in [0.15, 0.2) is 9.84 Å². The van der Waals surface area contributed by atoms with E-state index in [0.717, 1.165) is 12.8 Å². The lowest BCUT2D eigenvalue weighted by atomic mass is 9.97. The van der Waals surface area contributed by atoms with E-state index in [1.807, 2.05) is 6.92 Å². The summed E-state index contributed by atoms with van der Waals surface area (Å²) in [6.45, 7) is 3.35. The van der Waals surface area contributed by atoms with Gasteiger partial charge in [0.25, 0.3) is 0 Å². The number of carbonyl (C=O) groups is 1. The standard InChI is InChI=1S/C13H24N2O4S/c1-3-19-12(16)13(14-2)5-4-11(10-13)15-6-8-20(17,18)9-7-15/h11,14H,3-10H2,1-2H3. The van der Waals surface area contributed by atoms with Crippen molar-refractivity contribution in [2.45, 2.75) is 37.8 Å². The average Bonchev–Trinajstić information content (AvgIpc) is 2.85. The van der Waals surface area contributed by atoms with Crippen LogP contribution in [-0.4, -0.2) is 69.1 Å². The number of ether oxygens (including phenoxy) is 1. The molecular weight excluding hydrogens is 280 g/mol. The molecular formula is C13H24N2O4S. The lowest BCUT2D eigenvalue weighted by Gasteiger charge is -2.33. The highest BCUT2D eigenvalue weighted by Crippen LogP contribution is 2.34. The van der Waals surface area contributed by atoms with Crippen LogP contribution >= 0.6 is 0 Å². The van der Waals surface area contributed by atoms with Crippen molar-refractivity contribution in [2.75, 3.05) is 38.2 Å². The van der Waals surface area contributed by atoms with E-state index in [-0.39, 0.29) is 23.5 Å². The van der Waals surface area contributed by atoms with Crippen molar-refractivity contribution in [3.8, 4) is 0 Å². The summed E-state index contributed by atoms with van der Waals surface area (Å²) in [4.78, 5) is 14.3. The Kier molecular flexibility index (Phi) is 4.71. The molecule has 1 heterocycles. The summed E-state index contributed by atoms with van der Waals surface area (Å²) in [6, 6.07) is 0.266. The number of nitrogens with zero attached hydrogens (tertiary/aromatic N) is 1. The molecule has 1 saturated heterocycles. The van der Waals surface area contributed by atoms with Crippen molar-refractivity contribution in [1.82, 2.24) is 10.2 Å². The SMILES string of the molecule is CCOC(=O)C1(NC)CCC(N2CCS(=O)(=O)CC2)C1. The average molecular weight is 304 g/mol. The maximum atomic E-state index is 12.1. The van der Waals surface area contributed by atoms with E-state index in [9.17, 15) is 13.2 Å². The van der Waals surface area contributed by atoms with E-state index in [1.165, 1.54) is 0 Å². The Morgan fingerprint density at radius 1 is 1.40 bits per heavy atom. The molecule has 0 amide bonds. The van der Waals surface area contributed by atoms with Crippen LogP contribution in [0.25, 0.3) is 0 Å². The number of hydrogen-bond acceptors (Lipinski definition) is 6. The minimum atomic E-state index is -2.85. The minimum Gasteiger partial charge on any atom is -0.465 e. The Labute approximate surface area is 120 Å².